The molecule has 1 atom stereocenters. The Bertz CT molecular complexity index is 949. The average molecular weight is 421 g/mol. The molecule has 164 valence electrons. The molecule has 1 unspecified atom stereocenters. The molecule has 1 aliphatic heterocycles. The van der Waals surface area contributed by atoms with Gasteiger partial charge in [-0.05, 0) is 28.0 Å². The molecule has 2 heterocycles. The quantitative estimate of drug-likeness (QED) is 0.558. The highest BCUT2D eigenvalue weighted by atomic mass is 16.5. The summed E-state index contributed by atoms with van der Waals surface area (Å²) in [5.74, 6) is 2.34. The average Bonchev–Trinajstić information content (AvgIpc) is 3.23. The van der Waals surface area contributed by atoms with Gasteiger partial charge in [0.1, 0.15) is 5.75 Å². The first-order chi connectivity index (χ1) is 15.2. The molecular formula is C24H32N6O. The number of hydrogen-bond donors (Lipinski definition) is 0. The third kappa shape index (κ3) is 5.11. The van der Waals surface area contributed by atoms with E-state index in [0.717, 1.165) is 44.3 Å². The number of tetrazole rings is 1. The summed E-state index contributed by atoms with van der Waals surface area (Å²) in [7, 11) is 1.74. The van der Waals surface area contributed by atoms with Crippen LogP contribution in [0.2, 0.25) is 0 Å². The van der Waals surface area contributed by atoms with E-state index in [4.69, 9.17) is 4.74 Å². The Labute approximate surface area is 184 Å². The number of benzene rings is 2. The van der Waals surface area contributed by atoms with Gasteiger partial charge in [0.25, 0.3) is 0 Å². The van der Waals surface area contributed by atoms with Crippen molar-refractivity contribution in [2.45, 2.75) is 33.0 Å². The van der Waals surface area contributed by atoms with Crippen LogP contribution in [-0.4, -0.2) is 63.3 Å². The molecule has 0 saturated carbocycles. The van der Waals surface area contributed by atoms with Gasteiger partial charge in [-0.2, -0.15) is 0 Å². The third-order valence-electron chi connectivity index (χ3n) is 6.02. The van der Waals surface area contributed by atoms with Crippen LogP contribution in [0.3, 0.4) is 0 Å². The topological polar surface area (TPSA) is 59.3 Å². The molecule has 0 aliphatic carbocycles. The lowest BCUT2D eigenvalue weighted by molar-refractivity contribution is 0.0661. The predicted octanol–water partition coefficient (Wildman–Crippen LogP) is 3.24. The normalized spacial score (nSPS) is 16.5. The monoisotopic (exact) mass is 420 g/mol. The fourth-order valence-electron chi connectivity index (χ4n) is 4.45. The number of rotatable bonds is 8. The Morgan fingerprint density at radius 3 is 2.32 bits per heavy atom. The SMILES string of the molecule is COc1ccccc1CN1CCN(C(c2nnnn2Cc2ccccc2)C(C)C)CC1. The van der Waals surface area contributed by atoms with Crippen molar-refractivity contribution in [1.82, 2.24) is 30.0 Å². The van der Waals surface area contributed by atoms with Crippen molar-refractivity contribution in [1.29, 1.82) is 0 Å². The fourth-order valence-corrected chi connectivity index (χ4v) is 4.45. The van der Waals surface area contributed by atoms with E-state index in [0.29, 0.717) is 12.5 Å². The molecule has 7 nitrogen and oxygen atoms in total. The summed E-state index contributed by atoms with van der Waals surface area (Å²) < 4.78 is 7.49. The zero-order chi connectivity index (χ0) is 21.6. The van der Waals surface area contributed by atoms with E-state index in [9.17, 15) is 0 Å². The first-order valence-electron chi connectivity index (χ1n) is 11.0. The summed E-state index contributed by atoms with van der Waals surface area (Å²) in [5.41, 5.74) is 2.45. The number of methoxy groups -OCH3 is 1. The zero-order valence-corrected chi connectivity index (χ0v) is 18.7. The van der Waals surface area contributed by atoms with Gasteiger partial charge >= 0.3 is 0 Å². The second-order valence-electron chi connectivity index (χ2n) is 8.49. The molecule has 2 aromatic carbocycles. The van der Waals surface area contributed by atoms with Gasteiger partial charge in [0.05, 0.1) is 19.7 Å². The lowest BCUT2D eigenvalue weighted by Crippen LogP contribution is -2.48. The Morgan fingerprint density at radius 1 is 0.903 bits per heavy atom. The largest absolute Gasteiger partial charge is 0.496 e. The van der Waals surface area contributed by atoms with Crippen molar-refractivity contribution in [3.63, 3.8) is 0 Å². The van der Waals surface area contributed by atoms with E-state index in [1.54, 1.807) is 7.11 Å². The van der Waals surface area contributed by atoms with Crippen molar-refractivity contribution >= 4 is 0 Å². The molecule has 1 saturated heterocycles. The molecule has 4 rings (SSSR count). The second-order valence-corrected chi connectivity index (χ2v) is 8.49. The molecular weight excluding hydrogens is 388 g/mol. The Morgan fingerprint density at radius 2 is 1.61 bits per heavy atom. The Balaban J connectivity index is 1.43. The number of ether oxygens (including phenoxy) is 1. The van der Waals surface area contributed by atoms with Crippen molar-refractivity contribution in [2.75, 3.05) is 33.3 Å². The Kier molecular flexibility index (Phi) is 6.94. The van der Waals surface area contributed by atoms with Crippen LogP contribution in [0.5, 0.6) is 5.75 Å². The molecule has 7 heteroatoms. The molecule has 0 N–H and O–H groups in total. The molecule has 0 bridgehead atoms. The maximum atomic E-state index is 5.53. The summed E-state index contributed by atoms with van der Waals surface area (Å²) in [6.45, 7) is 10.1. The third-order valence-corrected chi connectivity index (χ3v) is 6.02. The van der Waals surface area contributed by atoms with Crippen LogP contribution < -0.4 is 4.74 Å². The summed E-state index contributed by atoms with van der Waals surface area (Å²) in [5, 5.41) is 12.8. The van der Waals surface area contributed by atoms with E-state index in [2.05, 4.69) is 75.6 Å². The number of aromatic nitrogens is 4. The standard InChI is InChI=1S/C24H32N6O/c1-19(2)23(24-25-26-27-30(24)17-20-9-5-4-6-10-20)29-15-13-28(14-16-29)18-21-11-7-8-12-22(21)31-3/h4-12,19,23H,13-18H2,1-3H3. The minimum absolute atomic E-state index is 0.201. The first-order valence-corrected chi connectivity index (χ1v) is 11.0. The van der Waals surface area contributed by atoms with Crippen LogP contribution in [-0.2, 0) is 13.1 Å². The summed E-state index contributed by atoms with van der Waals surface area (Å²) >= 11 is 0. The predicted molar refractivity (Wildman–Crippen MR) is 121 cm³/mol. The van der Waals surface area contributed by atoms with Gasteiger partial charge in [-0.3, -0.25) is 9.80 Å². The van der Waals surface area contributed by atoms with Crippen LogP contribution in [0, 0.1) is 5.92 Å². The molecule has 0 radical (unpaired) electrons. The van der Waals surface area contributed by atoms with Gasteiger partial charge in [-0.15, -0.1) is 5.10 Å². The van der Waals surface area contributed by atoms with Gasteiger partial charge < -0.3 is 4.74 Å². The van der Waals surface area contributed by atoms with Crippen LogP contribution >= 0.6 is 0 Å². The van der Waals surface area contributed by atoms with E-state index >= 15 is 0 Å². The van der Waals surface area contributed by atoms with Crippen LogP contribution in [0.25, 0.3) is 0 Å². The van der Waals surface area contributed by atoms with Crippen LogP contribution in [0.1, 0.15) is 36.8 Å². The number of hydrogen-bond acceptors (Lipinski definition) is 6. The first kappa shape index (κ1) is 21.5. The van der Waals surface area contributed by atoms with Gasteiger partial charge in [0, 0.05) is 38.3 Å². The van der Waals surface area contributed by atoms with Gasteiger partial charge in [0.15, 0.2) is 5.82 Å². The highest BCUT2D eigenvalue weighted by Gasteiger charge is 2.31. The number of piperazine rings is 1. The highest BCUT2D eigenvalue weighted by molar-refractivity contribution is 5.33. The lowest BCUT2D eigenvalue weighted by atomic mass is 10.0. The molecule has 1 aromatic heterocycles. The lowest BCUT2D eigenvalue weighted by Gasteiger charge is -2.40. The van der Waals surface area contributed by atoms with Gasteiger partial charge in [-0.25, -0.2) is 4.68 Å². The summed E-state index contributed by atoms with van der Waals surface area (Å²) in [6, 6.07) is 18.9. The van der Waals surface area contributed by atoms with E-state index in [-0.39, 0.29) is 6.04 Å². The molecule has 3 aromatic rings. The summed E-state index contributed by atoms with van der Waals surface area (Å²) in [4.78, 5) is 5.04. The maximum Gasteiger partial charge on any atom is 0.169 e. The fraction of sp³-hybridized carbons (Fsp3) is 0.458. The van der Waals surface area contributed by atoms with E-state index < -0.39 is 0 Å². The molecule has 0 spiro atoms. The Hall–Kier alpha value is -2.77. The minimum Gasteiger partial charge on any atom is -0.496 e. The zero-order valence-electron chi connectivity index (χ0n) is 18.7. The van der Waals surface area contributed by atoms with E-state index in [1.165, 1.54) is 11.1 Å². The van der Waals surface area contributed by atoms with Crippen molar-refractivity contribution in [2.24, 2.45) is 5.92 Å². The maximum absolute atomic E-state index is 5.53. The number of nitrogens with zero attached hydrogens (tertiary/aromatic N) is 6. The molecule has 1 fully saturated rings. The van der Waals surface area contributed by atoms with Crippen molar-refractivity contribution in [3.8, 4) is 5.75 Å². The molecule has 0 amide bonds. The van der Waals surface area contributed by atoms with Crippen LogP contribution in [0.15, 0.2) is 54.6 Å². The molecule has 31 heavy (non-hydrogen) atoms. The smallest absolute Gasteiger partial charge is 0.169 e. The van der Waals surface area contributed by atoms with E-state index in [1.807, 2.05) is 22.9 Å². The van der Waals surface area contributed by atoms with Crippen molar-refractivity contribution in [3.05, 3.63) is 71.5 Å². The summed E-state index contributed by atoms with van der Waals surface area (Å²) in [6.07, 6.45) is 0. The highest BCUT2D eigenvalue weighted by Crippen LogP contribution is 2.29. The number of para-hydroxylation sites is 1. The second kappa shape index (κ2) is 10.0. The molecule has 1 aliphatic rings. The van der Waals surface area contributed by atoms with Crippen molar-refractivity contribution < 1.29 is 4.74 Å². The van der Waals surface area contributed by atoms with Gasteiger partial charge in [0.2, 0.25) is 0 Å². The minimum atomic E-state index is 0.201. The van der Waals surface area contributed by atoms with Crippen LogP contribution in [0.4, 0.5) is 0 Å². The van der Waals surface area contributed by atoms with Gasteiger partial charge in [-0.1, -0.05) is 62.4 Å².